The van der Waals surface area contributed by atoms with E-state index in [9.17, 15) is 9.90 Å². The molecular formula is C15H22Cl2N2O2. The lowest BCUT2D eigenvalue weighted by atomic mass is 10.1. The second kappa shape index (κ2) is 9.26. The Kier molecular flexibility index (Phi) is 8.04. The van der Waals surface area contributed by atoms with Crippen molar-refractivity contribution in [2.24, 2.45) is 0 Å². The topological polar surface area (TPSA) is 52.6 Å². The summed E-state index contributed by atoms with van der Waals surface area (Å²) in [7, 11) is 1.86. The molecule has 0 saturated heterocycles. The third kappa shape index (κ3) is 7.14. The molecule has 21 heavy (non-hydrogen) atoms. The van der Waals surface area contributed by atoms with Crippen LogP contribution in [0.15, 0.2) is 18.2 Å². The van der Waals surface area contributed by atoms with Gasteiger partial charge in [0.15, 0.2) is 0 Å². The van der Waals surface area contributed by atoms with Crippen molar-refractivity contribution in [1.29, 1.82) is 0 Å². The second-order valence-electron chi connectivity index (χ2n) is 5.19. The van der Waals surface area contributed by atoms with Crippen molar-refractivity contribution in [1.82, 2.24) is 10.2 Å². The lowest BCUT2D eigenvalue weighted by Gasteiger charge is -2.17. The molecule has 0 spiro atoms. The standard InChI is InChI=1S/C15H22Cl2N2O2/c1-11(20)7-9-19(2)10-14(21)18-8-6-12-4-3-5-13(16)15(12)17/h3-5,11,20H,6-10H2,1-2H3,(H,18,21). The fourth-order valence-electron chi connectivity index (χ4n) is 1.87. The molecule has 0 radical (unpaired) electrons. The first-order valence-corrected chi connectivity index (χ1v) is 7.72. The average molecular weight is 333 g/mol. The highest BCUT2D eigenvalue weighted by Crippen LogP contribution is 2.25. The molecule has 0 aliphatic rings. The van der Waals surface area contributed by atoms with Crippen molar-refractivity contribution in [2.75, 3.05) is 26.7 Å². The molecule has 4 nitrogen and oxygen atoms in total. The van der Waals surface area contributed by atoms with Crippen molar-refractivity contribution in [3.8, 4) is 0 Å². The fourth-order valence-corrected chi connectivity index (χ4v) is 2.28. The molecule has 6 heteroatoms. The minimum atomic E-state index is -0.347. The van der Waals surface area contributed by atoms with Crippen LogP contribution in [0.5, 0.6) is 0 Å². The highest BCUT2D eigenvalue weighted by atomic mass is 35.5. The quantitative estimate of drug-likeness (QED) is 0.768. The lowest BCUT2D eigenvalue weighted by molar-refractivity contribution is -0.122. The summed E-state index contributed by atoms with van der Waals surface area (Å²) in [5, 5.41) is 13.1. The Morgan fingerprint density at radius 1 is 1.43 bits per heavy atom. The molecule has 0 bridgehead atoms. The summed E-state index contributed by atoms with van der Waals surface area (Å²) in [6.45, 7) is 3.26. The first kappa shape index (κ1) is 18.2. The van der Waals surface area contributed by atoms with Crippen LogP contribution in [0.4, 0.5) is 0 Å². The Labute approximate surface area is 136 Å². The molecule has 0 fully saturated rings. The van der Waals surface area contributed by atoms with Gasteiger partial charge in [0.25, 0.3) is 0 Å². The molecule has 1 atom stereocenters. The second-order valence-corrected chi connectivity index (χ2v) is 5.97. The van der Waals surface area contributed by atoms with E-state index in [4.69, 9.17) is 23.2 Å². The number of rotatable bonds is 8. The summed E-state index contributed by atoms with van der Waals surface area (Å²) < 4.78 is 0. The van der Waals surface area contributed by atoms with Crippen molar-refractivity contribution >= 4 is 29.1 Å². The first-order valence-electron chi connectivity index (χ1n) is 6.96. The molecule has 0 aliphatic carbocycles. The van der Waals surface area contributed by atoms with Crippen LogP contribution in [0.2, 0.25) is 10.0 Å². The van der Waals surface area contributed by atoms with E-state index in [2.05, 4.69) is 5.32 Å². The molecule has 0 aromatic heterocycles. The third-order valence-corrected chi connectivity index (χ3v) is 3.95. The van der Waals surface area contributed by atoms with Crippen LogP contribution in [0.3, 0.4) is 0 Å². The molecule has 1 rings (SSSR count). The van der Waals surface area contributed by atoms with Crippen LogP contribution < -0.4 is 5.32 Å². The smallest absolute Gasteiger partial charge is 0.234 e. The molecule has 2 N–H and O–H groups in total. The van der Waals surface area contributed by atoms with Gasteiger partial charge in [0.05, 0.1) is 22.7 Å². The SMILES string of the molecule is CC(O)CCN(C)CC(=O)NCCc1cccc(Cl)c1Cl. The third-order valence-electron chi connectivity index (χ3n) is 3.09. The van der Waals surface area contributed by atoms with Crippen LogP contribution in [-0.2, 0) is 11.2 Å². The number of hydrogen-bond donors (Lipinski definition) is 2. The number of amides is 1. The van der Waals surface area contributed by atoms with E-state index in [0.717, 1.165) is 5.56 Å². The monoisotopic (exact) mass is 332 g/mol. The van der Waals surface area contributed by atoms with Crippen LogP contribution in [0.25, 0.3) is 0 Å². The van der Waals surface area contributed by atoms with E-state index in [1.807, 2.05) is 24.1 Å². The number of nitrogens with one attached hydrogen (secondary N) is 1. The molecule has 1 aromatic carbocycles. The van der Waals surface area contributed by atoms with Gasteiger partial charge in [-0.15, -0.1) is 0 Å². The summed E-state index contributed by atoms with van der Waals surface area (Å²) in [5.41, 5.74) is 0.923. The van der Waals surface area contributed by atoms with E-state index >= 15 is 0 Å². The van der Waals surface area contributed by atoms with Gasteiger partial charge in [-0.25, -0.2) is 0 Å². The Hall–Kier alpha value is -0.810. The zero-order chi connectivity index (χ0) is 15.8. The maximum Gasteiger partial charge on any atom is 0.234 e. The minimum absolute atomic E-state index is 0.0405. The van der Waals surface area contributed by atoms with Gasteiger partial charge in [0, 0.05) is 13.1 Å². The van der Waals surface area contributed by atoms with E-state index in [0.29, 0.717) is 42.5 Å². The number of nitrogens with zero attached hydrogens (tertiary/aromatic N) is 1. The summed E-state index contributed by atoms with van der Waals surface area (Å²) in [6.07, 6.45) is 0.949. The number of aliphatic hydroxyl groups is 1. The van der Waals surface area contributed by atoms with E-state index in [1.54, 1.807) is 13.0 Å². The van der Waals surface area contributed by atoms with Crippen molar-refractivity contribution in [3.05, 3.63) is 33.8 Å². The highest BCUT2D eigenvalue weighted by Gasteiger charge is 2.08. The number of halogens is 2. The molecule has 0 saturated carbocycles. The zero-order valence-electron chi connectivity index (χ0n) is 12.4. The van der Waals surface area contributed by atoms with Gasteiger partial charge in [-0.05, 0) is 38.4 Å². The minimum Gasteiger partial charge on any atom is -0.393 e. The maximum atomic E-state index is 11.8. The molecule has 0 aliphatic heterocycles. The summed E-state index contributed by atoms with van der Waals surface area (Å²) in [4.78, 5) is 13.6. The van der Waals surface area contributed by atoms with Gasteiger partial charge in [-0.2, -0.15) is 0 Å². The number of likely N-dealkylation sites (N-methyl/N-ethyl adjacent to an activating group) is 1. The molecule has 1 unspecified atom stereocenters. The van der Waals surface area contributed by atoms with Gasteiger partial charge >= 0.3 is 0 Å². The molecule has 118 valence electrons. The number of carbonyl (C=O) groups excluding carboxylic acids is 1. The molecule has 0 heterocycles. The molecule has 1 amide bonds. The highest BCUT2D eigenvalue weighted by molar-refractivity contribution is 6.42. The molecule has 1 aromatic rings. The Morgan fingerprint density at radius 2 is 2.14 bits per heavy atom. The van der Waals surface area contributed by atoms with Crippen LogP contribution in [0, 0.1) is 0 Å². The number of carbonyl (C=O) groups is 1. The van der Waals surface area contributed by atoms with Crippen LogP contribution in [0.1, 0.15) is 18.9 Å². The summed E-state index contributed by atoms with van der Waals surface area (Å²) in [6, 6.07) is 5.48. The van der Waals surface area contributed by atoms with Crippen molar-refractivity contribution in [3.63, 3.8) is 0 Å². The Bertz CT molecular complexity index is 467. The van der Waals surface area contributed by atoms with E-state index in [-0.39, 0.29) is 12.0 Å². The van der Waals surface area contributed by atoms with Gasteiger partial charge in [-0.1, -0.05) is 35.3 Å². The lowest BCUT2D eigenvalue weighted by Crippen LogP contribution is -2.37. The van der Waals surface area contributed by atoms with Gasteiger partial charge in [0.1, 0.15) is 0 Å². The zero-order valence-corrected chi connectivity index (χ0v) is 13.9. The normalized spacial score (nSPS) is 12.5. The maximum absolute atomic E-state index is 11.8. The van der Waals surface area contributed by atoms with E-state index in [1.165, 1.54) is 0 Å². The fraction of sp³-hybridized carbons (Fsp3) is 0.533. The number of hydrogen-bond acceptors (Lipinski definition) is 3. The largest absolute Gasteiger partial charge is 0.393 e. The van der Waals surface area contributed by atoms with Crippen molar-refractivity contribution < 1.29 is 9.90 Å². The average Bonchev–Trinajstić information content (AvgIpc) is 2.41. The Morgan fingerprint density at radius 3 is 2.81 bits per heavy atom. The van der Waals surface area contributed by atoms with Gasteiger partial charge in [0.2, 0.25) is 5.91 Å². The van der Waals surface area contributed by atoms with Crippen LogP contribution >= 0.6 is 23.2 Å². The predicted molar refractivity (Wildman–Crippen MR) is 87.0 cm³/mol. The number of aliphatic hydroxyl groups excluding tert-OH is 1. The predicted octanol–water partition coefficient (Wildman–Crippen LogP) is 2.35. The summed E-state index contributed by atoms with van der Waals surface area (Å²) in [5.74, 6) is -0.0405. The number of benzene rings is 1. The Balaban J connectivity index is 2.29. The van der Waals surface area contributed by atoms with Crippen LogP contribution in [-0.4, -0.2) is 48.7 Å². The summed E-state index contributed by atoms with van der Waals surface area (Å²) >= 11 is 12.0. The van der Waals surface area contributed by atoms with Gasteiger partial charge in [-0.3, -0.25) is 9.69 Å². The molecular weight excluding hydrogens is 311 g/mol. The van der Waals surface area contributed by atoms with E-state index < -0.39 is 0 Å². The van der Waals surface area contributed by atoms with Gasteiger partial charge < -0.3 is 10.4 Å². The first-order chi connectivity index (χ1) is 9.90. The van der Waals surface area contributed by atoms with Crippen molar-refractivity contribution in [2.45, 2.75) is 25.9 Å².